The number of aliphatic hydroxyl groups excluding tert-OH is 1. The van der Waals surface area contributed by atoms with E-state index in [1.807, 2.05) is 0 Å². The van der Waals surface area contributed by atoms with Gasteiger partial charge in [0.15, 0.2) is 0 Å². The van der Waals surface area contributed by atoms with E-state index in [0.29, 0.717) is 25.4 Å². The Morgan fingerprint density at radius 3 is 3.06 bits per heavy atom. The third-order valence-corrected chi connectivity index (χ3v) is 2.24. The molecule has 0 bridgehead atoms. The highest BCUT2D eigenvalue weighted by Gasteiger charge is 2.05. The molecule has 0 saturated carbocycles. The summed E-state index contributed by atoms with van der Waals surface area (Å²) in [6, 6.07) is 0. The van der Waals surface area contributed by atoms with E-state index >= 15 is 0 Å². The zero-order valence-electron chi connectivity index (χ0n) is 8.94. The first kappa shape index (κ1) is 13.0. The number of hydrogen-bond donors (Lipinski definition) is 2. The first-order chi connectivity index (χ1) is 7.66. The van der Waals surface area contributed by atoms with Crippen molar-refractivity contribution in [2.75, 3.05) is 31.7 Å². The van der Waals surface area contributed by atoms with Crippen molar-refractivity contribution >= 4 is 17.3 Å². The van der Waals surface area contributed by atoms with Crippen LogP contribution in [0.3, 0.4) is 0 Å². The molecular weight excluding hydrogens is 234 g/mol. The van der Waals surface area contributed by atoms with Crippen LogP contribution in [0.25, 0.3) is 0 Å². The molecule has 0 saturated heterocycles. The second-order valence-electron chi connectivity index (χ2n) is 3.06. The first-order valence-corrected chi connectivity index (χ1v) is 5.19. The third-order valence-electron chi connectivity index (χ3n) is 1.88. The number of ether oxygens (including phenoxy) is 1. The predicted molar refractivity (Wildman–Crippen MR) is 60.9 cm³/mol. The van der Waals surface area contributed by atoms with Gasteiger partial charge in [-0.05, 0) is 0 Å². The molecule has 6 nitrogen and oxygen atoms in total. The number of nitrogens with zero attached hydrogens (tertiary/aromatic N) is 2. The predicted octanol–water partition coefficient (Wildman–Crippen LogP) is -0.146. The van der Waals surface area contributed by atoms with E-state index in [4.69, 9.17) is 21.4 Å². The maximum absolute atomic E-state index is 11.4. The molecule has 90 valence electrons. The van der Waals surface area contributed by atoms with Gasteiger partial charge in [-0.3, -0.25) is 4.79 Å². The number of anilines is 1. The molecule has 1 heterocycles. The molecule has 0 aliphatic rings. The van der Waals surface area contributed by atoms with Crippen LogP contribution in [-0.2, 0) is 11.8 Å². The summed E-state index contributed by atoms with van der Waals surface area (Å²) in [7, 11) is 1.53. The summed E-state index contributed by atoms with van der Waals surface area (Å²) in [4.78, 5) is 11.4. The third kappa shape index (κ3) is 3.48. The Balaban J connectivity index is 2.49. The van der Waals surface area contributed by atoms with Crippen LogP contribution in [-0.4, -0.2) is 41.3 Å². The molecule has 0 atom stereocenters. The van der Waals surface area contributed by atoms with Crippen LogP contribution >= 0.6 is 11.6 Å². The van der Waals surface area contributed by atoms with Crippen LogP contribution < -0.4 is 10.9 Å². The van der Waals surface area contributed by atoms with Crippen molar-refractivity contribution in [2.45, 2.75) is 0 Å². The zero-order valence-corrected chi connectivity index (χ0v) is 9.70. The molecule has 0 aliphatic carbocycles. The number of aryl methyl sites for hydroxylation is 1. The summed E-state index contributed by atoms with van der Waals surface area (Å²) in [6.07, 6.45) is 1.48. The average Bonchev–Trinajstić information content (AvgIpc) is 2.28. The van der Waals surface area contributed by atoms with Gasteiger partial charge < -0.3 is 15.2 Å². The van der Waals surface area contributed by atoms with E-state index in [1.54, 1.807) is 0 Å². The Morgan fingerprint density at radius 2 is 2.38 bits per heavy atom. The molecule has 0 aliphatic heterocycles. The largest absolute Gasteiger partial charge is 0.394 e. The topological polar surface area (TPSA) is 76.4 Å². The number of halogens is 1. The Morgan fingerprint density at radius 1 is 1.62 bits per heavy atom. The van der Waals surface area contributed by atoms with Gasteiger partial charge in [0.2, 0.25) is 0 Å². The Bertz CT molecular complexity index is 394. The van der Waals surface area contributed by atoms with Crippen molar-refractivity contribution in [3.63, 3.8) is 0 Å². The van der Waals surface area contributed by atoms with Crippen LogP contribution in [0.15, 0.2) is 11.0 Å². The van der Waals surface area contributed by atoms with Gasteiger partial charge >= 0.3 is 0 Å². The van der Waals surface area contributed by atoms with Crippen molar-refractivity contribution in [1.82, 2.24) is 9.78 Å². The molecule has 16 heavy (non-hydrogen) atoms. The number of rotatable bonds is 6. The molecule has 0 spiro atoms. The Labute approximate surface area is 97.8 Å². The van der Waals surface area contributed by atoms with E-state index in [1.165, 1.54) is 13.2 Å². The lowest BCUT2D eigenvalue weighted by Gasteiger charge is -2.08. The van der Waals surface area contributed by atoms with Gasteiger partial charge in [-0.25, -0.2) is 4.68 Å². The summed E-state index contributed by atoms with van der Waals surface area (Å²) in [5, 5.41) is 15.3. The normalized spacial score (nSPS) is 10.4. The molecule has 0 unspecified atom stereocenters. The van der Waals surface area contributed by atoms with E-state index in [-0.39, 0.29) is 17.2 Å². The highest BCUT2D eigenvalue weighted by Crippen LogP contribution is 2.14. The van der Waals surface area contributed by atoms with Gasteiger partial charge in [0.1, 0.15) is 5.02 Å². The van der Waals surface area contributed by atoms with E-state index in [2.05, 4.69) is 10.4 Å². The molecule has 1 rings (SSSR count). The zero-order chi connectivity index (χ0) is 12.0. The number of nitrogens with one attached hydrogen (secondary N) is 1. The molecule has 0 amide bonds. The minimum absolute atomic E-state index is 0.00576. The Hall–Kier alpha value is -1.11. The maximum atomic E-state index is 11.4. The first-order valence-electron chi connectivity index (χ1n) is 4.81. The molecule has 2 N–H and O–H groups in total. The minimum Gasteiger partial charge on any atom is -0.394 e. The fraction of sp³-hybridized carbons (Fsp3) is 0.556. The van der Waals surface area contributed by atoms with Crippen molar-refractivity contribution in [1.29, 1.82) is 0 Å². The second-order valence-corrected chi connectivity index (χ2v) is 3.44. The summed E-state index contributed by atoms with van der Waals surface area (Å²) in [5.41, 5.74) is 0.139. The number of hydrogen-bond acceptors (Lipinski definition) is 5. The van der Waals surface area contributed by atoms with E-state index in [0.717, 1.165) is 4.68 Å². The van der Waals surface area contributed by atoms with Crippen molar-refractivity contribution < 1.29 is 9.84 Å². The van der Waals surface area contributed by atoms with Crippen molar-refractivity contribution in [3.8, 4) is 0 Å². The van der Waals surface area contributed by atoms with Gasteiger partial charge in [-0.1, -0.05) is 11.6 Å². The standard InChI is InChI=1S/C9H14ClN3O3/c1-13-9(15)8(10)7(6-12-13)11-2-4-16-5-3-14/h6,11,14H,2-5H2,1H3. The average molecular weight is 248 g/mol. The monoisotopic (exact) mass is 247 g/mol. The summed E-state index contributed by atoms with van der Waals surface area (Å²) >= 11 is 5.82. The smallest absolute Gasteiger partial charge is 0.287 e. The molecule has 1 aromatic rings. The minimum atomic E-state index is -0.344. The van der Waals surface area contributed by atoms with Crippen molar-refractivity contribution in [2.24, 2.45) is 7.05 Å². The molecule has 7 heteroatoms. The SMILES string of the molecule is Cn1ncc(NCCOCCO)c(Cl)c1=O. The van der Waals surface area contributed by atoms with Gasteiger partial charge in [0.05, 0.1) is 31.7 Å². The highest BCUT2D eigenvalue weighted by atomic mass is 35.5. The second kappa shape index (κ2) is 6.47. The fourth-order valence-corrected chi connectivity index (χ4v) is 1.30. The maximum Gasteiger partial charge on any atom is 0.287 e. The van der Waals surface area contributed by atoms with Crippen LogP contribution in [0, 0.1) is 0 Å². The fourth-order valence-electron chi connectivity index (χ4n) is 1.06. The van der Waals surface area contributed by atoms with Gasteiger partial charge in [-0.2, -0.15) is 5.10 Å². The lowest BCUT2D eigenvalue weighted by atomic mass is 10.4. The van der Waals surface area contributed by atoms with Gasteiger partial charge in [0.25, 0.3) is 5.56 Å². The van der Waals surface area contributed by atoms with Crippen LogP contribution in [0.1, 0.15) is 0 Å². The number of aliphatic hydroxyl groups is 1. The summed E-state index contributed by atoms with van der Waals surface area (Å²) in [5.74, 6) is 0. The number of aromatic nitrogens is 2. The molecule has 0 radical (unpaired) electrons. The quantitative estimate of drug-likeness (QED) is 0.684. The molecule has 1 aromatic heterocycles. The highest BCUT2D eigenvalue weighted by molar-refractivity contribution is 6.32. The lowest BCUT2D eigenvalue weighted by Crippen LogP contribution is -2.22. The van der Waals surface area contributed by atoms with Crippen LogP contribution in [0.2, 0.25) is 5.02 Å². The van der Waals surface area contributed by atoms with Crippen LogP contribution in [0.4, 0.5) is 5.69 Å². The Kier molecular flexibility index (Phi) is 5.24. The molecule has 0 aromatic carbocycles. The van der Waals surface area contributed by atoms with Crippen LogP contribution in [0.5, 0.6) is 0 Å². The summed E-state index contributed by atoms with van der Waals surface area (Å²) in [6.45, 7) is 1.21. The van der Waals surface area contributed by atoms with Crippen molar-refractivity contribution in [3.05, 3.63) is 21.6 Å². The van der Waals surface area contributed by atoms with Gasteiger partial charge in [0, 0.05) is 13.6 Å². The molecule has 0 fully saturated rings. The lowest BCUT2D eigenvalue weighted by molar-refractivity contribution is 0.0992. The van der Waals surface area contributed by atoms with Gasteiger partial charge in [-0.15, -0.1) is 0 Å². The molecular formula is C9H14ClN3O3. The summed E-state index contributed by atoms with van der Waals surface area (Å²) < 4.78 is 6.20. The van der Waals surface area contributed by atoms with E-state index in [9.17, 15) is 4.79 Å². The van der Waals surface area contributed by atoms with E-state index < -0.39 is 0 Å².